The summed E-state index contributed by atoms with van der Waals surface area (Å²) in [7, 11) is 0. The van der Waals surface area contributed by atoms with Crippen LogP contribution in [0, 0.1) is 6.92 Å². The lowest BCUT2D eigenvalue weighted by Gasteiger charge is -2.11. The molecule has 2 aromatic rings. The van der Waals surface area contributed by atoms with E-state index in [1.807, 2.05) is 13.0 Å². The maximum atomic E-state index is 11.1. The van der Waals surface area contributed by atoms with E-state index in [-0.39, 0.29) is 5.56 Å². The summed E-state index contributed by atoms with van der Waals surface area (Å²) in [6.07, 6.45) is 2.02. The average molecular weight is 325 g/mol. The van der Waals surface area contributed by atoms with Crippen LogP contribution in [0.2, 0.25) is 10.0 Å². The van der Waals surface area contributed by atoms with Crippen LogP contribution in [0.15, 0.2) is 30.5 Å². The molecule has 0 fully saturated rings. The molecule has 110 valence electrons. The van der Waals surface area contributed by atoms with Gasteiger partial charge in [-0.3, -0.25) is 4.98 Å². The third-order valence-corrected chi connectivity index (χ3v) is 3.58. The molecule has 0 bridgehead atoms. The molecule has 0 unspecified atom stereocenters. The number of halogens is 2. The van der Waals surface area contributed by atoms with E-state index in [4.69, 9.17) is 28.3 Å². The first kappa shape index (κ1) is 15.6. The summed E-state index contributed by atoms with van der Waals surface area (Å²) < 4.78 is 0. The highest BCUT2D eigenvalue weighted by Crippen LogP contribution is 2.22. The molecule has 2 rings (SSSR count). The maximum Gasteiger partial charge on any atom is 0.339 e. The number of hydrogen-bond acceptors (Lipinski definition) is 3. The van der Waals surface area contributed by atoms with E-state index in [0.29, 0.717) is 28.7 Å². The van der Waals surface area contributed by atoms with Gasteiger partial charge in [0, 0.05) is 28.5 Å². The number of carboxylic acids is 1. The lowest BCUT2D eigenvalue weighted by atomic mass is 10.1. The molecule has 0 saturated heterocycles. The maximum absolute atomic E-state index is 11.1. The van der Waals surface area contributed by atoms with Gasteiger partial charge in [-0.1, -0.05) is 29.3 Å². The van der Waals surface area contributed by atoms with Crippen LogP contribution in [0.5, 0.6) is 0 Å². The third kappa shape index (κ3) is 4.09. The predicted octanol–water partition coefficient (Wildman–Crippen LogP) is 4.05. The molecular weight excluding hydrogens is 311 g/mol. The highest BCUT2D eigenvalue weighted by Gasteiger charge is 2.10. The van der Waals surface area contributed by atoms with Crippen molar-refractivity contribution in [3.05, 3.63) is 57.3 Å². The molecule has 0 aliphatic carbocycles. The number of aromatic carboxylic acids is 1. The fourth-order valence-corrected chi connectivity index (χ4v) is 2.44. The average Bonchev–Trinajstić information content (AvgIpc) is 2.41. The number of nitrogens with one attached hydrogen (secondary N) is 1. The van der Waals surface area contributed by atoms with E-state index in [2.05, 4.69) is 10.3 Å². The minimum absolute atomic E-state index is 0.155. The number of anilines is 1. The molecule has 0 aliphatic heterocycles. The molecule has 1 aromatic carbocycles. The summed E-state index contributed by atoms with van der Waals surface area (Å²) in [6.45, 7) is 2.37. The van der Waals surface area contributed by atoms with Gasteiger partial charge in [-0.25, -0.2) is 4.79 Å². The minimum atomic E-state index is -1.01. The first-order valence-electron chi connectivity index (χ1n) is 6.35. The second-order valence-corrected chi connectivity index (χ2v) is 5.43. The quantitative estimate of drug-likeness (QED) is 0.870. The van der Waals surface area contributed by atoms with Crippen molar-refractivity contribution < 1.29 is 9.90 Å². The zero-order valence-electron chi connectivity index (χ0n) is 11.4. The third-order valence-electron chi connectivity index (χ3n) is 3.00. The standard InChI is InChI=1S/C15H14Cl2N2O2/c1-9-6-14(12(8-19-9)15(20)21)18-5-4-10-2-3-11(16)7-13(10)17/h2-3,6-8H,4-5H2,1H3,(H,18,19)(H,20,21). The number of carboxylic acid groups (broad SMARTS) is 1. The smallest absolute Gasteiger partial charge is 0.339 e. The van der Waals surface area contributed by atoms with E-state index < -0.39 is 5.97 Å². The number of rotatable bonds is 5. The highest BCUT2D eigenvalue weighted by molar-refractivity contribution is 6.35. The summed E-state index contributed by atoms with van der Waals surface area (Å²) in [4.78, 5) is 15.1. The Labute approximate surface area is 132 Å². The molecule has 2 N–H and O–H groups in total. The number of carbonyl (C=O) groups is 1. The van der Waals surface area contributed by atoms with E-state index in [1.165, 1.54) is 6.20 Å². The number of aryl methyl sites for hydroxylation is 1. The minimum Gasteiger partial charge on any atom is -0.478 e. The van der Waals surface area contributed by atoms with Gasteiger partial charge in [0.2, 0.25) is 0 Å². The molecule has 1 aromatic heterocycles. The Morgan fingerprint density at radius 2 is 2.10 bits per heavy atom. The van der Waals surface area contributed by atoms with Crippen molar-refractivity contribution in [2.24, 2.45) is 0 Å². The van der Waals surface area contributed by atoms with Gasteiger partial charge in [-0.05, 0) is 37.1 Å². The Hall–Kier alpha value is -1.78. The summed E-state index contributed by atoms with van der Waals surface area (Å²) in [5, 5.41) is 13.4. The van der Waals surface area contributed by atoms with Crippen molar-refractivity contribution in [2.45, 2.75) is 13.3 Å². The summed E-state index contributed by atoms with van der Waals surface area (Å²) in [5.41, 5.74) is 2.42. The zero-order valence-corrected chi connectivity index (χ0v) is 12.9. The fourth-order valence-electron chi connectivity index (χ4n) is 1.93. The second-order valence-electron chi connectivity index (χ2n) is 4.59. The van der Waals surface area contributed by atoms with Crippen LogP contribution in [0.25, 0.3) is 0 Å². The van der Waals surface area contributed by atoms with Gasteiger partial charge in [0.15, 0.2) is 0 Å². The summed E-state index contributed by atoms with van der Waals surface area (Å²) in [5.74, 6) is -1.01. The van der Waals surface area contributed by atoms with E-state index in [9.17, 15) is 4.79 Å². The van der Waals surface area contributed by atoms with Crippen LogP contribution in [-0.2, 0) is 6.42 Å². The van der Waals surface area contributed by atoms with E-state index >= 15 is 0 Å². The lowest BCUT2D eigenvalue weighted by molar-refractivity contribution is 0.0697. The molecule has 0 saturated carbocycles. The van der Waals surface area contributed by atoms with Gasteiger partial charge < -0.3 is 10.4 Å². The summed E-state index contributed by atoms with van der Waals surface area (Å²) in [6, 6.07) is 7.05. The first-order chi connectivity index (χ1) is 9.97. The largest absolute Gasteiger partial charge is 0.478 e. The van der Waals surface area contributed by atoms with Crippen LogP contribution in [0.4, 0.5) is 5.69 Å². The Bertz CT molecular complexity index is 675. The molecule has 0 radical (unpaired) electrons. The Morgan fingerprint density at radius 1 is 1.33 bits per heavy atom. The Balaban J connectivity index is 2.06. The SMILES string of the molecule is Cc1cc(NCCc2ccc(Cl)cc2Cl)c(C(=O)O)cn1. The number of aromatic nitrogens is 1. The predicted molar refractivity (Wildman–Crippen MR) is 84.6 cm³/mol. The van der Waals surface area contributed by atoms with Crippen molar-refractivity contribution in [1.82, 2.24) is 4.98 Å². The molecule has 0 aliphatic rings. The van der Waals surface area contributed by atoms with Crippen LogP contribution in [0.3, 0.4) is 0 Å². The van der Waals surface area contributed by atoms with Crippen LogP contribution >= 0.6 is 23.2 Å². The van der Waals surface area contributed by atoms with Crippen molar-refractivity contribution in [3.63, 3.8) is 0 Å². The first-order valence-corrected chi connectivity index (χ1v) is 7.10. The molecule has 4 nitrogen and oxygen atoms in total. The van der Waals surface area contributed by atoms with Gasteiger partial charge in [-0.2, -0.15) is 0 Å². The topological polar surface area (TPSA) is 62.2 Å². The van der Waals surface area contributed by atoms with Gasteiger partial charge in [0.1, 0.15) is 5.56 Å². The molecule has 6 heteroatoms. The molecule has 0 amide bonds. The molecule has 21 heavy (non-hydrogen) atoms. The van der Waals surface area contributed by atoms with Crippen molar-refractivity contribution in [1.29, 1.82) is 0 Å². The van der Waals surface area contributed by atoms with Crippen molar-refractivity contribution >= 4 is 34.9 Å². The Morgan fingerprint density at radius 3 is 2.76 bits per heavy atom. The highest BCUT2D eigenvalue weighted by atomic mass is 35.5. The monoisotopic (exact) mass is 324 g/mol. The van der Waals surface area contributed by atoms with E-state index in [0.717, 1.165) is 11.3 Å². The number of pyridine rings is 1. The van der Waals surface area contributed by atoms with Crippen LogP contribution in [-0.4, -0.2) is 22.6 Å². The van der Waals surface area contributed by atoms with Gasteiger partial charge >= 0.3 is 5.97 Å². The van der Waals surface area contributed by atoms with Crippen molar-refractivity contribution in [2.75, 3.05) is 11.9 Å². The Kier molecular flexibility index (Phi) is 5.04. The molecule has 1 heterocycles. The van der Waals surface area contributed by atoms with Gasteiger partial charge in [0.05, 0.1) is 5.69 Å². The number of benzene rings is 1. The number of nitrogens with zero attached hydrogens (tertiary/aromatic N) is 1. The zero-order chi connectivity index (χ0) is 15.4. The molecule has 0 spiro atoms. The van der Waals surface area contributed by atoms with E-state index in [1.54, 1.807) is 18.2 Å². The van der Waals surface area contributed by atoms with Crippen LogP contribution in [0.1, 0.15) is 21.6 Å². The molecular formula is C15H14Cl2N2O2. The normalized spacial score (nSPS) is 10.4. The summed E-state index contributed by atoms with van der Waals surface area (Å²) >= 11 is 11.9. The van der Waals surface area contributed by atoms with Crippen LogP contribution < -0.4 is 5.32 Å². The van der Waals surface area contributed by atoms with Crippen molar-refractivity contribution in [3.8, 4) is 0 Å². The van der Waals surface area contributed by atoms with Gasteiger partial charge in [-0.15, -0.1) is 0 Å². The number of hydrogen-bond donors (Lipinski definition) is 2. The van der Waals surface area contributed by atoms with Gasteiger partial charge in [0.25, 0.3) is 0 Å². The fraction of sp³-hybridized carbons (Fsp3) is 0.200. The molecule has 0 atom stereocenters. The lowest BCUT2D eigenvalue weighted by Crippen LogP contribution is -2.10. The second kappa shape index (κ2) is 6.78.